The molecule has 4 unspecified atom stereocenters. The van der Waals surface area contributed by atoms with Crippen molar-refractivity contribution in [1.29, 1.82) is 0 Å². The molecule has 4 aliphatic carbocycles. The molecule has 0 aromatic rings. The molecule has 1 spiro atoms. The predicted molar refractivity (Wildman–Crippen MR) is 91.9 cm³/mol. The van der Waals surface area contributed by atoms with Crippen molar-refractivity contribution < 1.29 is 4.79 Å². The Morgan fingerprint density at radius 1 is 1.00 bits per heavy atom. The highest BCUT2D eigenvalue weighted by Crippen LogP contribution is 2.75. The van der Waals surface area contributed by atoms with Gasteiger partial charge in [0.15, 0.2) is 0 Å². The SMILES string of the molecule is C[C@]12CCC(=O)CC1CCC1C2CC[C@@]2(C)C1CC[C@]21CS1. The first-order chi connectivity index (χ1) is 10.5. The van der Waals surface area contributed by atoms with Gasteiger partial charge in [-0.25, -0.2) is 0 Å². The minimum Gasteiger partial charge on any atom is -0.300 e. The van der Waals surface area contributed by atoms with Crippen LogP contribution in [-0.2, 0) is 4.79 Å². The maximum atomic E-state index is 11.9. The largest absolute Gasteiger partial charge is 0.300 e. The summed E-state index contributed by atoms with van der Waals surface area (Å²) < 4.78 is 0.697. The Balaban J connectivity index is 1.47. The zero-order valence-corrected chi connectivity index (χ0v) is 15.0. The third-order valence-corrected chi connectivity index (χ3v) is 10.9. The number of carbonyl (C=O) groups excluding carboxylic acids is 1. The van der Waals surface area contributed by atoms with E-state index in [0.29, 0.717) is 27.3 Å². The molecule has 0 bridgehead atoms. The van der Waals surface area contributed by atoms with E-state index in [1.165, 1.54) is 50.7 Å². The molecule has 4 saturated carbocycles. The van der Waals surface area contributed by atoms with Crippen LogP contribution < -0.4 is 0 Å². The topological polar surface area (TPSA) is 17.1 Å². The van der Waals surface area contributed by atoms with Crippen LogP contribution in [0.5, 0.6) is 0 Å². The van der Waals surface area contributed by atoms with E-state index < -0.39 is 0 Å². The van der Waals surface area contributed by atoms with E-state index in [0.717, 1.165) is 30.6 Å². The lowest BCUT2D eigenvalue weighted by atomic mass is 9.45. The maximum absolute atomic E-state index is 11.9. The summed E-state index contributed by atoms with van der Waals surface area (Å²) in [5.41, 5.74) is 1.14. The first-order valence-electron chi connectivity index (χ1n) is 9.64. The van der Waals surface area contributed by atoms with Gasteiger partial charge in [-0.2, -0.15) is 11.8 Å². The highest BCUT2D eigenvalue weighted by atomic mass is 32.2. The lowest BCUT2D eigenvalue weighted by Gasteiger charge is -2.60. The first kappa shape index (κ1) is 14.4. The third kappa shape index (κ3) is 1.61. The molecular formula is C20H30OS. The van der Waals surface area contributed by atoms with Crippen LogP contribution in [0, 0.1) is 34.5 Å². The van der Waals surface area contributed by atoms with Gasteiger partial charge in [0.05, 0.1) is 0 Å². The van der Waals surface area contributed by atoms with Crippen molar-refractivity contribution >= 4 is 17.5 Å². The van der Waals surface area contributed by atoms with Gasteiger partial charge < -0.3 is 0 Å². The number of ketones is 1. The minimum atomic E-state index is 0.491. The lowest BCUT2D eigenvalue weighted by Crippen LogP contribution is -2.54. The zero-order valence-electron chi connectivity index (χ0n) is 14.2. The Labute approximate surface area is 139 Å². The number of rotatable bonds is 0. The van der Waals surface area contributed by atoms with Crippen LogP contribution in [0.4, 0.5) is 0 Å². The average molecular weight is 319 g/mol. The first-order valence-corrected chi connectivity index (χ1v) is 10.6. The monoisotopic (exact) mass is 318 g/mol. The zero-order chi connectivity index (χ0) is 15.2. The molecule has 5 aliphatic rings. The van der Waals surface area contributed by atoms with Crippen LogP contribution in [0.25, 0.3) is 0 Å². The Bertz CT molecular complexity index is 524. The molecule has 1 saturated heterocycles. The van der Waals surface area contributed by atoms with Crippen molar-refractivity contribution in [2.24, 2.45) is 34.5 Å². The van der Waals surface area contributed by atoms with Crippen LogP contribution in [0.3, 0.4) is 0 Å². The fourth-order valence-electron chi connectivity index (χ4n) is 7.70. The highest BCUT2D eigenvalue weighted by molar-refractivity contribution is 8.08. The molecule has 5 fully saturated rings. The highest BCUT2D eigenvalue weighted by Gasteiger charge is 2.69. The number of hydrogen-bond donors (Lipinski definition) is 0. The third-order valence-electron chi connectivity index (χ3n) is 9.26. The number of carbonyl (C=O) groups is 1. The molecular weight excluding hydrogens is 288 g/mol. The van der Waals surface area contributed by atoms with E-state index in [1.807, 2.05) is 0 Å². The molecule has 0 amide bonds. The summed E-state index contributed by atoms with van der Waals surface area (Å²) in [4.78, 5) is 11.9. The van der Waals surface area contributed by atoms with Crippen molar-refractivity contribution in [2.45, 2.75) is 76.4 Å². The molecule has 0 aromatic heterocycles. The van der Waals surface area contributed by atoms with Crippen molar-refractivity contribution in [2.75, 3.05) is 5.75 Å². The van der Waals surface area contributed by atoms with Gasteiger partial charge in [0.25, 0.3) is 0 Å². The second kappa shape index (κ2) is 4.35. The van der Waals surface area contributed by atoms with E-state index >= 15 is 0 Å². The molecule has 0 N–H and O–H groups in total. The molecule has 1 heterocycles. The fourth-order valence-corrected chi connectivity index (χ4v) is 9.19. The molecule has 5 rings (SSSR count). The maximum Gasteiger partial charge on any atom is 0.133 e. The second-order valence-corrected chi connectivity index (χ2v) is 11.0. The summed E-state index contributed by atoms with van der Waals surface area (Å²) in [6, 6.07) is 0. The number of thioether (sulfide) groups is 1. The van der Waals surface area contributed by atoms with Crippen LogP contribution in [-0.4, -0.2) is 16.3 Å². The summed E-state index contributed by atoms with van der Waals surface area (Å²) in [6.45, 7) is 5.22. The van der Waals surface area contributed by atoms with E-state index in [4.69, 9.17) is 0 Å². The van der Waals surface area contributed by atoms with Gasteiger partial charge in [-0.1, -0.05) is 13.8 Å². The normalized spacial score (nSPS) is 59.8. The van der Waals surface area contributed by atoms with Crippen LogP contribution in [0.1, 0.15) is 71.6 Å². The minimum absolute atomic E-state index is 0.491. The Hall–Kier alpha value is 0.0200. The lowest BCUT2D eigenvalue weighted by molar-refractivity contribution is -0.138. The van der Waals surface area contributed by atoms with Crippen molar-refractivity contribution in [3.63, 3.8) is 0 Å². The molecule has 7 atom stereocenters. The number of Topliss-reactive ketones (excluding diaryl/α,β-unsaturated/α-hetero) is 1. The molecule has 1 aliphatic heterocycles. The molecule has 22 heavy (non-hydrogen) atoms. The number of hydrogen-bond acceptors (Lipinski definition) is 2. The summed E-state index contributed by atoms with van der Waals surface area (Å²) in [5.74, 6) is 5.62. The molecule has 0 radical (unpaired) electrons. The smallest absolute Gasteiger partial charge is 0.133 e. The van der Waals surface area contributed by atoms with Gasteiger partial charge in [-0.15, -0.1) is 0 Å². The van der Waals surface area contributed by atoms with Gasteiger partial charge in [0.1, 0.15) is 5.78 Å². The average Bonchev–Trinajstić information content (AvgIpc) is 3.22. The van der Waals surface area contributed by atoms with E-state index in [1.54, 1.807) is 0 Å². The Morgan fingerprint density at radius 3 is 2.55 bits per heavy atom. The molecule has 122 valence electrons. The standard InChI is InChI=1S/C20H30OS/c1-18-8-5-14(21)11-13(18)3-4-15-16(18)6-9-19(2)17(15)7-10-20(19)12-22-20/h13,15-17H,3-12H2,1-2H3/t13?,15?,16?,17?,18-,19-,20-/m0/s1. The molecule has 0 aromatic carbocycles. The summed E-state index contributed by atoms with van der Waals surface area (Å²) in [7, 11) is 0. The van der Waals surface area contributed by atoms with Crippen molar-refractivity contribution in [3.05, 3.63) is 0 Å². The molecule has 1 nitrogen and oxygen atoms in total. The summed E-state index contributed by atoms with van der Waals surface area (Å²) in [6.07, 6.45) is 11.7. The Morgan fingerprint density at radius 2 is 1.77 bits per heavy atom. The fraction of sp³-hybridized carbons (Fsp3) is 0.950. The van der Waals surface area contributed by atoms with E-state index in [-0.39, 0.29) is 0 Å². The predicted octanol–water partition coefficient (Wildman–Crippen LogP) is 5.08. The van der Waals surface area contributed by atoms with Crippen LogP contribution >= 0.6 is 11.8 Å². The van der Waals surface area contributed by atoms with Gasteiger partial charge in [-0.3, -0.25) is 4.79 Å². The van der Waals surface area contributed by atoms with Crippen LogP contribution in [0.2, 0.25) is 0 Å². The van der Waals surface area contributed by atoms with Gasteiger partial charge in [0.2, 0.25) is 0 Å². The summed E-state index contributed by atoms with van der Waals surface area (Å²) in [5, 5.41) is 0. The van der Waals surface area contributed by atoms with Gasteiger partial charge in [-0.05, 0) is 79.4 Å². The van der Waals surface area contributed by atoms with Gasteiger partial charge >= 0.3 is 0 Å². The summed E-state index contributed by atoms with van der Waals surface area (Å²) >= 11 is 2.28. The Kier molecular flexibility index (Phi) is 2.84. The van der Waals surface area contributed by atoms with Crippen molar-refractivity contribution in [1.82, 2.24) is 0 Å². The van der Waals surface area contributed by atoms with Gasteiger partial charge in [0, 0.05) is 23.3 Å². The second-order valence-electron chi connectivity index (χ2n) is 9.68. The van der Waals surface area contributed by atoms with Crippen LogP contribution in [0.15, 0.2) is 0 Å². The molecule has 2 heteroatoms. The quantitative estimate of drug-likeness (QED) is 0.579. The number of fused-ring (bicyclic) bond motifs is 6. The van der Waals surface area contributed by atoms with E-state index in [9.17, 15) is 4.79 Å². The van der Waals surface area contributed by atoms with Crippen molar-refractivity contribution in [3.8, 4) is 0 Å². The van der Waals surface area contributed by atoms with E-state index in [2.05, 4.69) is 25.6 Å².